The van der Waals surface area contributed by atoms with Crippen molar-refractivity contribution in [3.05, 3.63) is 99.6 Å². The number of fused-ring (bicyclic) bond motifs is 1. The number of amides is 1. The van der Waals surface area contributed by atoms with E-state index in [0.29, 0.717) is 10.9 Å². The van der Waals surface area contributed by atoms with Crippen LogP contribution in [0.5, 0.6) is 0 Å². The zero-order chi connectivity index (χ0) is 23.1. The van der Waals surface area contributed by atoms with Crippen molar-refractivity contribution >= 4 is 23.2 Å². The molecule has 1 unspecified atom stereocenters. The molecule has 1 heterocycles. The van der Waals surface area contributed by atoms with Gasteiger partial charge in [-0.15, -0.1) is 0 Å². The number of benzene rings is 2. The Morgan fingerprint density at radius 3 is 2.79 bits per heavy atom. The molecule has 0 spiro atoms. The van der Waals surface area contributed by atoms with E-state index in [2.05, 4.69) is 29.9 Å². The summed E-state index contributed by atoms with van der Waals surface area (Å²) in [7, 11) is 0. The number of hydrogen-bond acceptors (Lipinski definition) is 3. The molecule has 33 heavy (non-hydrogen) atoms. The smallest absolute Gasteiger partial charge is 0.217 e. The van der Waals surface area contributed by atoms with Crippen LogP contribution < -0.4 is 15.8 Å². The molecule has 0 aromatic heterocycles. The molecule has 170 valence electrons. The fourth-order valence-electron chi connectivity index (χ4n) is 5.49. The molecule has 0 saturated heterocycles. The first-order valence-corrected chi connectivity index (χ1v) is 11.8. The fourth-order valence-corrected chi connectivity index (χ4v) is 5.69. The summed E-state index contributed by atoms with van der Waals surface area (Å²) in [6.07, 6.45) is 7.25. The topological polar surface area (TPSA) is 44.4 Å². The lowest BCUT2D eigenvalue weighted by Crippen LogP contribution is -2.30. The van der Waals surface area contributed by atoms with Gasteiger partial charge in [0.15, 0.2) is 0 Å². The number of hydrazine groups is 1. The molecule has 5 rings (SSSR count). The third-order valence-electron chi connectivity index (χ3n) is 6.94. The van der Waals surface area contributed by atoms with Crippen molar-refractivity contribution in [2.24, 2.45) is 11.8 Å². The van der Waals surface area contributed by atoms with Crippen molar-refractivity contribution in [2.75, 3.05) is 5.01 Å². The predicted molar refractivity (Wildman–Crippen MR) is 130 cm³/mol. The Kier molecular flexibility index (Phi) is 5.75. The summed E-state index contributed by atoms with van der Waals surface area (Å²) in [6.45, 7) is 3.82. The van der Waals surface area contributed by atoms with E-state index in [1.165, 1.54) is 28.9 Å². The fraction of sp³-hybridized carbons (Fsp3) is 0.296. The summed E-state index contributed by atoms with van der Waals surface area (Å²) < 4.78 is 13.4. The van der Waals surface area contributed by atoms with Gasteiger partial charge in [0.1, 0.15) is 5.82 Å². The highest BCUT2D eigenvalue weighted by Gasteiger charge is 2.38. The minimum Gasteiger partial charge on any atom is -0.350 e. The number of halogens is 2. The zero-order valence-corrected chi connectivity index (χ0v) is 19.5. The Bertz CT molecular complexity index is 1180. The second-order valence-electron chi connectivity index (χ2n) is 9.05. The highest BCUT2D eigenvalue weighted by Crippen LogP contribution is 2.49. The summed E-state index contributed by atoms with van der Waals surface area (Å²) in [4.78, 5) is 12.0. The van der Waals surface area contributed by atoms with E-state index in [9.17, 15) is 9.18 Å². The number of nitrogens with zero attached hydrogens (tertiary/aromatic N) is 1. The van der Waals surface area contributed by atoms with Gasteiger partial charge in [-0.2, -0.15) is 0 Å². The van der Waals surface area contributed by atoms with Gasteiger partial charge >= 0.3 is 0 Å². The van der Waals surface area contributed by atoms with Crippen LogP contribution in [0.2, 0.25) is 5.02 Å². The second-order valence-corrected chi connectivity index (χ2v) is 9.49. The summed E-state index contributed by atoms with van der Waals surface area (Å²) in [5.41, 5.74) is 10.5. The second kappa shape index (κ2) is 8.71. The average molecular weight is 464 g/mol. The van der Waals surface area contributed by atoms with Gasteiger partial charge in [-0.05, 0) is 78.8 Å². The predicted octanol–water partition coefficient (Wildman–Crippen LogP) is 6.20. The van der Waals surface area contributed by atoms with Crippen molar-refractivity contribution in [3.8, 4) is 0 Å². The number of rotatable bonds is 5. The van der Waals surface area contributed by atoms with Crippen molar-refractivity contribution in [1.29, 1.82) is 0 Å². The van der Waals surface area contributed by atoms with E-state index in [1.54, 1.807) is 19.1 Å². The van der Waals surface area contributed by atoms with E-state index >= 15 is 0 Å². The molecule has 2 aliphatic carbocycles. The number of anilines is 1. The van der Waals surface area contributed by atoms with E-state index in [4.69, 9.17) is 11.6 Å². The SMILES string of the molecule is CC(=O)NC(C[C@H]1CCC2=C1[C@@H](C)C1=CNN(c3ccc(F)cc3)C1=C2)c1cccc(Cl)c1. The molecule has 4 nitrogen and oxygen atoms in total. The molecule has 3 aliphatic rings. The van der Waals surface area contributed by atoms with E-state index in [1.807, 2.05) is 29.3 Å². The van der Waals surface area contributed by atoms with Gasteiger partial charge in [0.25, 0.3) is 0 Å². The maximum absolute atomic E-state index is 13.4. The van der Waals surface area contributed by atoms with Crippen molar-refractivity contribution in [1.82, 2.24) is 10.7 Å². The summed E-state index contributed by atoms with van der Waals surface area (Å²) in [6, 6.07) is 14.2. The van der Waals surface area contributed by atoms with Gasteiger partial charge < -0.3 is 10.7 Å². The minimum atomic E-state index is -0.242. The number of allylic oxidation sites excluding steroid dienone is 4. The Hall–Kier alpha value is -3.05. The quantitative estimate of drug-likeness (QED) is 0.555. The molecule has 0 fully saturated rings. The first kappa shape index (κ1) is 21.8. The van der Waals surface area contributed by atoms with Crippen molar-refractivity contribution < 1.29 is 9.18 Å². The van der Waals surface area contributed by atoms with Crippen LogP contribution in [-0.4, -0.2) is 5.91 Å². The highest BCUT2D eigenvalue weighted by atomic mass is 35.5. The molecule has 0 radical (unpaired) electrons. The number of hydrogen-bond donors (Lipinski definition) is 2. The molecule has 3 atom stereocenters. The van der Waals surface area contributed by atoms with Crippen LogP contribution in [0.15, 0.2) is 83.2 Å². The van der Waals surface area contributed by atoms with Crippen LogP contribution in [0.4, 0.5) is 10.1 Å². The standard InChI is InChI=1S/C27H27ClFN3O/c1-16-24-15-30-32(23-10-8-22(29)9-11-23)26(24)14-20-7-6-19(27(16)20)13-25(31-17(2)33)18-4-3-5-21(28)12-18/h3-5,8-12,14-16,19,25,30H,6-7,13H2,1-2H3,(H,31,33)/t16-,19+,25?/m0/s1. The molecule has 0 bridgehead atoms. The lowest BCUT2D eigenvalue weighted by molar-refractivity contribution is -0.119. The summed E-state index contributed by atoms with van der Waals surface area (Å²) >= 11 is 6.24. The van der Waals surface area contributed by atoms with Crippen LogP contribution in [0.3, 0.4) is 0 Å². The zero-order valence-electron chi connectivity index (χ0n) is 18.7. The third-order valence-corrected chi connectivity index (χ3v) is 7.17. The maximum Gasteiger partial charge on any atom is 0.217 e. The molecular formula is C27H27ClFN3O. The Morgan fingerprint density at radius 2 is 2.06 bits per heavy atom. The van der Waals surface area contributed by atoms with E-state index in [-0.39, 0.29) is 23.7 Å². The first-order chi connectivity index (χ1) is 15.9. The van der Waals surface area contributed by atoms with Crippen LogP contribution in [0.1, 0.15) is 44.7 Å². The monoisotopic (exact) mass is 463 g/mol. The average Bonchev–Trinajstić information content (AvgIpc) is 3.39. The Balaban J connectivity index is 1.43. The number of carbonyl (C=O) groups is 1. The Morgan fingerprint density at radius 1 is 1.27 bits per heavy atom. The molecule has 6 heteroatoms. The molecule has 0 saturated carbocycles. The lowest BCUT2D eigenvalue weighted by Gasteiger charge is -2.31. The third kappa shape index (κ3) is 4.18. The van der Waals surface area contributed by atoms with Gasteiger partial charge in [0.05, 0.1) is 17.4 Å². The first-order valence-electron chi connectivity index (χ1n) is 11.4. The van der Waals surface area contributed by atoms with Crippen LogP contribution in [-0.2, 0) is 4.79 Å². The van der Waals surface area contributed by atoms with Crippen LogP contribution in [0.25, 0.3) is 0 Å². The largest absolute Gasteiger partial charge is 0.350 e. The highest BCUT2D eigenvalue weighted by molar-refractivity contribution is 6.30. The van der Waals surface area contributed by atoms with Gasteiger partial charge in [0, 0.05) is 29.6 Å². The molecule has 1 amide bonds. The molecule has 1 aliphatic heterocycles. The normalized spacial score (nSPS) is 22.2. The summed E-state index contributed by atoms with van der Waals surface area (Å²) in [5, 5.41) is 5.84. The van der Waals surface area contributed by atoms with Crippen molar-refractivity contribution in [3.63, 3.8) is 0 Å². The van der Waals surface area contributed by atoms with E-state index in [0.717, 1.165) is 36.2 Å². The molecule has 2 N–H and O–H groups in total. The molecule has 2 aromatic rings. The summed E-state index contributed by atoms with van der Waals surface area (Å²) in [5.74, 6) is 0.366. The van der Waals surface area contributed by atoms with Gasteiger partial charge in [-0.3, -0.25) is 9.80 Å². The van der Waals surface area contributed by atoms with Crippen LogP contribution in [0, 0.1) is 17.7 Å². The van der Waals surface area contributed by atoms with Gasteiger partial charge in [-0.1, -0.05) is 36.2 Å². The van der Waals surface area contributed by atoms with Crippen LogP contribution >= 0.6 is 11.6 Å². The van der Waals surface area contributed by atoms with Gasteiger partial charge in [-0.25, -0.2) is 4.39 Å². The van der Waals surface area contributed by atoms with Crippen molar-refractivity contribution in [2.45, 2.75) is 39.2 Å². The van der Waals surface area contributed by atoms with E-state index < -0.39 is 0 Å². The van der Waals surface area contributed by atoms with Gasteiger partial charge in [0.2, 0.25) is 5.91 Å². The molecule has 2 aromatic carbocycles. The lowest BCUT2D eigenvalue weighted by atomic mass is 9.78. The minimum absolute atomic E-state index is 0.0382. The maximum atomic E-state index is 13.4. The molecular weight excluding hydrogens is 437 g/mol. The Labute approximate surface area is 198 Å². The number of nitrogens with one attached hydrogen (secondary N) is 2. The number of carbonyl (C=O) groups excluding carboxylic acids is 1.